The van der Waals surface area contributed by atoms with Gasteiger partial charge in [0.05, 0.1) is 13.2 Å². The maximum atomic E-state index is 10.5. The SMILES string of the molecule is O=S(=O)([O-])O[C@H](CO)[C@H](O)C[S+]1C[C@H](O)[C@@H](O)[C@H](O)[C@H]1CO. The second-order valence-corrected chi connectivity index (χ2v) is 8.29. The Labute approximate surface area is 130 Å². The minimum Gasteiger partial charge on any atom is -0.726 e. The van der Waals surface area contributed by atoms with Gasteiger partial charge in [0.2, 0.25) is 10.4 Å². The van der Waals surface area contributed by atoms with Gasteiger partial charge in [0.25, 0.3) is 0 Å². The molecule has 0 amide bonds. The predicted octanol–water partition coefficient (Wildman–Crippen LogP) is -4.74. The molecule has 7 atom stereocenters. The van der Waals surface area contributed by atoms with Gasteiger partial charge in [0.15, 0.2) is 5.25 Å². The summed E-state index contributed by atoms with van der Waals surface area (Å²) in [6.07, 6.45) is -7.38. The van der Waals surface area contributed by atoms with Crippen LogP contribution in [-0.4, -0.2) is 104 Å². The highest BCUT2D eigenvalue weighted by Crippen LogP contribution is 2.25. The van der Waals surface area contributed by atoms with E-state index in [-0.39, 0.29) is 11.5 Å². The summed E-state index contributed by atoms with van der Waals surface area (Å²) in [5.41, 5.74) is 0. The van der Waals surface area contributed by atoms with Crippen LogP contribution in [0.25, 0.3) is 0 Å². The zero-order chi connectivity index (χ0) is 17.1. The van der Waals surface area contributed by atoms with Crippen molar-refractivity contribution < 1.29 is 47.8 Å². The topological polar surface area (TPSA) is 188 Å². The number of aliphatic hydroxyl groups is 6. The Balaban J connectivity index is 2.77. The molecule has 132 valence electrons. The Morgan fingerprint density at radius 3 is 2.27 bits per heavy atom. The minimum absolute atomic E-state index is 0.0389. The number of hydrogen-bond acceptors (Lipinski definition) is 10. The smallest absolute Gasteiger partial charge is 0.218 e. The molecule has 0 saturated carbocycles. The van der Waals surface area contributed by atoms with Gasteiger partial charge in [0, 0.05) is 10.9 Å². The van der Waals surface area contributed by atoms with Crippen molar-refractivity contribution in [3.05, 3.63) is 0 Å². The highest BCUT2D eigenvalue weighted by atomic mass is 32.3. The molecular formula is C10H20O10S2. The maximum Gasteiger partial charge on any atom is 0.218 e. The summed E-state index contributed by atoms with van der Waals surface area (Å²) in [5, 5.41) is 56.3. The van der Waals surface area contributed by atoms with Crippen LogP contribution in [0.2, 0.25) is 0 Å². The molecule has 6 N–H and O–H groups in total. The van der Waals surface area contributed by atoms with E-state index in [2.05, 4.69) is 4.18 Å². The van der Waals surface area contributed by atoms with E-state index in [4.69, 9.17) is 5.11 Å². The first-order valence-electron chi connectivity index (χ1n) is 6.35. The molecule has 1 aliphatic rings. The molecule has 12 heteroatoms. The number of hydrogen-bond donors (Lipinski definition) is 6. The fraction of sp³-hybridized carbons (Fsp3) is 1.00. The lowest BCUT2D eigenvalue weighted by molar-refractivity contribution is -0.0611. The summed E-state index contributed by atoms with van der Waals surface area (Å²) < 4.78 is 35.6. The first kappa shape index (κ1) is 20.0. The fourth-order valence-electron chi connectivity index (χ4n) is 2.19. The van der Waals surface area contributed by atoms with Crippen molar-refractivity contribution in [1.29, 1.82) is 0 Å². The Bertz CT molecular complexity index is 443. The molecule has 1 rings (SSSR count). The summed E-state index contributed by atoms with van der Waals surface area (Å²) in [7, 11) is -6.12. The predicted molar refractivity (Wildman–Crippen MR) is 73.7 cm³/mol. The molecule has 0 bridgehead atoms. The Morgan fingerprint density at radius 2 is 1.82 bits per heavy atom. The molecule has 22 heavy (non-hydrogen) atoms. The zero-order valence-electron chi connectivity index (χ0n) is 11.4. The highest BCUT2D eigenvalue weighted by molar-refractivity contribution is 7.97. The molecule has 1 saturated heterocycles. The van der Waals surface area contributed by atoms with E-state index in [1.807, 2.05) is 0 Å². The van der Waals surface area contributed by atoms with E-state index >= 15 is 0 Å². The van der Waals surface area contributed by atoms with Gasteiger partial charge in [-0.25, -0.2) is 8.42 Å². The molecule has 0 aromatic rings. The first-order valence-corrected chi connectivity index (χ1v) is 9.31. The van der Waals surface area contributed by atoms with Gasteiger partial charge in [-0.1, -0.05) is 0 Å². The fourth-order valence-corrected chi connectivity index (χ4v) is 5.36. The molecule has 0 radical (unpaired) electrons. The number of rotatable bonds is 7. The summed E-state index contributed by atoms with van der Waals surface area (Å²) in [4.78, 5) is 0. The summed E-state index contributed by atoms with van der Waals surface area (Å²) in [6, 6.07) is 0. The zero-order valence-corrected chi connectivity index (χ0v) is 13.1. The standard InChI is InChI=1S/C10H20O10S2/c11-1-7(20-22(17,18)19)5(13)3-21-4-6(14)9(15)10(16)8(21)2-12/h5-16H,1-4H2/t5-,6+,7-,8-,9-,10-,21?/m1/s1. The van der Waals surface area contributed by atoms with Gasteiger partial charge in [-0.2, -0.15) is 0 Å². The lowest BCUT2D eigenvalue weighted by atomic mass is 10.1. The van der Waals surface area contributed by atoms with Gasteiger partial charge < -0.3 is 35.2 Å². The van der Waals surface area contributed by atoms with Crippen LogP contribution in [0.4, 0.5) is 0 Å². The average molecular weight is 364 g/mol. The lowest BCUT2D eigenvalue weighted by Gasteiger charge is -2.35. The molecule has 10 nitrogen and oxygen atoms in total. The van der Waals surface area contributed by atoms with Crippen LogP contribution in [0.5, 0.6) is 0 Å². The quantitative estimate of drug-likeness (QED) is 0.145. The molecule has 1 unspecified atom stereocenters. The van der Waals surface area contributed by atoms with Crippen LogP contribution < -0.4 is 0 Å². The van der Waals surface area contributed by atoms with E-state index in [1.54, 1.807) is 0 Å². The third kappa shape index (κ3) is 5.26. The summed E-state index contributed by atoms with van der Waals surface area (Å²) in [5.74, 6) is -0.268. The average Bonchev–Trinajstić information content (AvgIpc) is 2.41. The van der Waals surface area contributed by atoms with E-state index in [0.29, 0.717) is 0 Å². The van der Waals surface area contributed by atoms with Crippen LogP contribution in [0.15, 0.2) is 0 Å². The molecule has 1 aliphatic heterocycles. The van der Waals surface area contributed by atoms with Crippen molar-refractivity contribution in [3.8, 4) is 0 Å². The van der Waals surface area contributed by atoms with Crippen LogP contribution in [0, 0.1) is 0 Å². The lowest BCUT2D eigenvalue weighted by Crippen LogP contribution is -2.59. The van der Waals surface area contributed by atoms with E-state index < -0.39 is 70.3 Å². The summed E-state index contributed by atoms with van der Waals surface area (Å²) in [6.45, 7) is -1.46. The van der Waals surface area contributed by atoms with Gasteiger partial charge in [-0.05, 0) is 0 Å². The molecule has 1 fully saturated rings. The largest absolute Gasteiger partial charge is 0.726 e. The Hall–Kier alpha value is -0.0200. The van der Waals surface area contributed by atoms with Crippen molar-refractivity contribution in [1.82, 2.24) is 0 Å². The van der Waals surface area contributed by atoms with Crippen LogP contribution in [0.1, 0.15) is 0 Å². The molecule has 0 aromatic heterocycles. The maximum absolute atomic E-state index is 10.5. The molecule has 0 spiro atoms. The molecular weight excluding hydrogens is 344 g/mol. The number of aliphatic hydroxyl groups excluding tert-OH is 6. The second kappa shape index (κ2) is 8.19. The minimum atomic E-state index is -5.13. The summed E-state index contributed by atoms with van der Waals surface area (Å²) >= 11 is 0. The Morgan fingerprint density at radius 1 is 1.23 bits per heavy atom. The first-order chi connectivity index (χ1) is 10.1. The van der Waals surface area contributed by atoms with Crippen molar-refractivity contribution in [2.24, 2.45) is 0 Å². The molecule has 0 aliphatic carbocycles. The third-order valence-electron chi connectivity index (χ3n) is 3.35. The Kier molecular flexibility index (Phi) is 7.45. The molecule has 0 aromatic carbocycles. The van der Waals surface area contributed by atoms with E-state index in [9.17, 15) is 38.5 Å². The van der Waals surface area contributed by atoms with Crippen LogP contribution in [-0.2, 0) is 25.5 Å². The highest BCUT2D eigenvalue weighted by Gasteiger charge is 2.50. The van der Waals surface area contributed by atoms with E-state index in [0.717, 1.165) is 0 Å². The molecule has 1 heterocycles. The van der Waals surface area contributed by atoms with Gasteiger partial charge in [0.1, 0.15) is 42.0 Å². The van der Waals surface area contributed by atoms with E-state index in [1.165, 1.54) is 0 Å². The van der Waals surface area contributed by atoms with Gasteiger partial charge >= 0.3 is 0 Å². The van der Waals surface area contributed by atoms with Crippen LogP contribution in [0.3, 0.4) is 0 Å². The van der Waals surface area contributed by atoms with Gasteiger partial charge in [-0.15, -0.1) is 0 Å². The second-order valence-electron chi connectivity index (χ2n) is 4.93. The normalized spacial score (nSPS) is 36.0. The van der Waals surface area contributed by atoms with Crippen molar-refractivity contribution in [2.45, 2.75) is 35.8 Å². The monoisotopic (exact) mass is 364 g/mol. The van der Waals surface area contributed by atoms with Crippen molar-refractivity contribution >= 4 is 21.3 Å². The van der Waals surface area contributed by atoms with Gasteiger partial charge in [-0.3, -0.25) is 4.18 Å². The van der Waals surface area contributed by atoms with Crippen LogP contribution >= 0.6 is 0 Å². The third-order valence-corrected chi connectivity index (χ3v) is 6.66. The van der Waals surface area contributed by atoms with Crippen molar-refractivity contribution in [3.63, 3.8) is 0 Å². The van der Waals surface area contributed by atoms with Crippen molar-refractivity contribution in [2.75, 3.05) is 24.7 Å².